The zero-order valence-corrected chi connectivity index (χ0v) is 13.0. The number of ether oxygens (including phenoxy) is 2. The van der Waals surface area contributed by atoms with Gasteiger partial charge in [-0.2, -0.15) is 0 Å². The normalized spacial score (nSPS) is 20.4. The summed E-state index contributed by atoms with van der Waals surface area (Å²) in [7, 11) is -3.54. The van der Waals surface area contributed by atoms with Crippen molar-refractivity contribution in [2.45, 2.75) is 17.9 Å². The zero-order chi connectivity index (χ0) is 13.9. The maximum absolute atomic E-state index is 12.2. The van der Waals surface area contributed by atoms with Crippen LogP contribution in [0.3, 0.4) is 0 Å². The molecule has 1 saturated heterocycles. The molecule has 1 aromatic rings. The Morgan fingerprint density at radius 2 is 2.21 bits per heavy atom. The van der Waals surface area contributed by atoms with Crippen LogP contribution in [0.25, 0.3) is 0 Å². The maximum Gasteiger partial charge on any atom is 0.241 e. The first-order chi connectivity index (χ1) is 8.99. The van der Waals surface area contributed by atoms with Gasteiger partial charge in [-0.05, 0) is 40.5 Å². The van der Waals surface area contributed by atoms with Gasteiger partial charge in [-0.15, -0.1) is 0 Å². The van der Waals surface area contributed by atoms with E-state index in [1.807, 2.05) is 6.92 Å². The summed E-state index contributed by atoms with van der Waals surface area (Å²) in [6.45, 7) is 3.59. The van der Waals surface area contributed by atoms with Crippen LogP contribution in [0.1, 0.15) is 5.56 Å². The highest BCUT2D eigenvalue weighted by molar-refractivity contribution is 9.10. The van der Waals surface area contributed by atoms with Crippen LogP contribution in [0.4, 0.5) is 0 Å². The number of benzene rings is 1. The van der Waals surface area contributed by atoms with E-state index in [1.54, 1.807) is 18.2 Å². The van der Waals surface area contributed by atoms with Gasteiger partial charge in [-0.25, -0.2) is 13.1 Å². The van der Waals surface area contributed by atoms with Crippen LogP contribution in [0.2, 0.25) is 0 Å². The molecule has 106 valence electrons. The lowest BCUT2D eigenvalue weighted by Gasteiger charge is -2.23. The topological polar surface area (TPSA) is 64.6 Å². The van der Waals surface area contributed by atoms with Crippen molar-refractivity contribution in [1.29, 1.82) is 0 Å². The number of aryl methyl sites for hydroxylation is 1. The maximum atomic E-state index is 12.2. The Morgan fingerprint density at radius 1 is 1.42 bits per heavy atom. The molecule has 1 aromatic carbocycles. The van der Waals surface area contributed by atoms with Crippen molar-refractivity contribution in [2.24, 2.45) is 0 Å². The zero-order valence-electron chi connectivity index (χ0n) is 10.6. The van der Waals surface area contributed by atoms with Crippen LogP contribution in [-0.4, -0.2) is 40.9 Å². The minimum Gasteiger partial charge on any atom is -0.376 e. The van der Waals surface area contributed by atoms with Gasteiger partial charge in [0.1, 0.15) is 0 Å². The lowest BCUT2D eigenvalue weighted by molar-refractivity contribution is -0.0846. The molecule has 7 heteroatoms. The monoisotopic (exact) mass is 349 g/mol. The third kappa shape index (κ3) is 4.00. The van der Waals surface area contributed by atoms with E-state index in [-0.39, 0.29) is 17.5 Å². The standard InChI is InChI=1S/C12H16BrNO4S/c1-9-2-3-12(11(13)6-9)19(15,16)14-7-10-8-17-4-5-18-10/h2-3,6,10,14H,4-5,7-8H2,1H3. The van der Waals surface area contributed by atoms with Gasteiger partial charge < -0.3 is 9.47 Å². The van der Waals surface area contributed by atoms with Crippen LogP contribution in [0, 0.1) is 6.92 Å². The summed E-state index contributed by atoms with van der Waals surface area (Å²) < 4.78 is 38.1. The highest BCUT2D eigenvalue weighted by atomic mass is 79.9. The quantitative estimate of drug-likeness (QED) is 0.893. The fourth-order valence-corrected chi connectivity index (χ4v) is 4.01. The Morgan fingerprint density at radius 3 is 2.84 bits per heavy atom. The summed E-state index contributed by atoms with van der Waals surface area (Å²) in [5, 5.41) is 0. The highest BCUT2D eigenvalue weighted by Crippen LogP contribution is 2.22. The van der Waals surface area contributed by atoms with Crippen molar-refractivity contribution >= 4 is 26.0 Å². The second-order valence-corrected chi connectivity index (χ2v) is 6.94. The summed E-state index contributed by atoms with van der Waals surface area (Å²) in [4.78, 5) is 0.231. The molecule has 1 heterocycles. The lowest BCUT2D eigenvalue weighted by atomic mass is 10.2. The third-order valence-corrected chi connectivity index (χ3v) is 5.16. The van der Waals surface area contributed by atoms with Gasteiger partial charge in [0.2, 0.25) is 10.0 Å². The van der Waals surface area contributed by atoms with Crippen molar-refractivity contribution in [3.63, 3.8) is 0 Å². The molecule has 1 atom stereocenters. The molecule has 0 radical (unpaired) electrons. The molecule has 0 aliphatic carbocycles. The van der Waals surface area contributed by atoms with E-state index in [1.165, 1.54) is 0 Å². The fraction of sp³-hybridized carbons (Fsp3) is 0.500. The van der Waals surface area contributed by atoms with Crippen LogP contribution in [0.15, 0.2) is 27.6 Å². The molecule has 1 aliphatic heterocycles. The molecule has 5 nitrogen and oxygen atoms in total. The SMILES string of the molecule is Cc1ccc(S(=O)(=O)NCC2COCCO2)c(Br)c1. The van der Waals surface area contributed by atoms with E-state index in [2.05, 4.69) is 20.7 Å². The average Bonchev–Trinajstić information content (AvgIpc) is 2.37. The van der Waals surface area contributed by atoms with E-state index in [9.17, 15) is 8.42 Å². The van der Waals surface area contributed by atoms with Crippen LogP contribution < -0.4 is 4.72 Å². The van der Waals surface area contributed by atoms with Crippen LogP contribution >= 0.6 is 15.9 Å². The minimum absolute atomic E-state index is 0.211. The van der Waals surface area contributed by atoms with Gasteiger partial charge in [0.25, 0.3) is 0 Å². The number of rotatable bonds is 4. The second-order valence-electron chi connectivity index (χ2n) is 4.35. The third-order valence-electron chi connectivity index (χ3n) is 2.76. The molecule has 0 aromatic heterocycles. The second kappa shape index (κ2) is 6.32. The van der Waals surface area contributed by atoms with Gasteiger partial charge in [-0.1, -0.05) is 6.07 Å². The first kappa shape index (κ1) is 14.9. The van der Waals surface area contributed by atoms with Crippen molar-refractivity contribution in [1.82, 2.24) is 4.72 Å². The molecule has 2 rings (SSSR count). The molecule has 0 saturated carbocycles. The molecule has 1 N–H and O–H groups in total. The van der Waals surface area contributed by atoms with E-state index < -0.39 is 10.0 Å². The average molecular weight is 350 g/mol. The smallest absolute Gasteiger partial charge is 0.241 e. The summed E-state index contributed by atoms with van der Waals surface area (Å²) in [6.07, 6.45) is -0.229. The molecule has 1 unspecified atom stereocenters. The molecule has 1 fully saturated rings. The molecular formula is C12H16BrNO4S. The van der Waals surface area contributed by atoms with Crippen LogP contribution in [0.5, 0.6) is 0 Å². The lowest BCUT2D eigenvalue weighted by Crippen LogP contribution is -2.39. The molecule has 19 heavy (non-hydrogen) atoms. The predicted molar refractivity (Wildman–Crippen MR) is 74.6 cm³/mol. The summed E-state index contributed by atoms with van der Waals surface area (Å²) in [5.74, 6) is 0. The number of hydrogen-bond donors (Lipinski definition) is 1. The summed E-state index contributed by atoms with van der Waals surface area (Å²) >= 11 is 3.27. The Bertz CT molecular complexity index is 541. The van der Waals surface area contributed by atoms with E-state index in [4.69, 9.17) is 9.47 Å². The number of hydrogen-bond acceptors (Lipinski definition) is 4. The Labute approximate surface area is 121 Å². The molecule has 1 aliphatic rings. The van der Waals surface area contributed by atoms with E-state index >= 15 is 0 Å². The van der Waals surface area contributed by atoms with Gasteiger partial charge in [0.15, 0.2) is 0 Å². The number of halogens is 1. The van der Waals surface area contributed by atoms with Crippen molar-refractivity contribution in [2.75, 3.05) is 26.4 Å². The van der Waals surface area contributed by atoms with Gasteiger partial charge in [-0.3, -0.25) is 0 Å². The Balaban J connectivity index is 2.05. The van der Waals surface area contributed by atoms with Crippen molar-refractivity contribution in [3.8, 4) is 0 Å². The van der Waals surface area contributed by atoms with E-state index in [0.29, 0.717) is 24.3 Å². The predicted octanol–water partition coefficient (Wildman–Crippen LogP) is 1.45. The molecular weight excluding hydrogens is 334 g/mol. The van der Waals surface area contributed by atoms with E-state index in [0.717, 1.165) is 5.56 Å². The highest BCUT2D eigenvalue weighted by Gasteiger charge is 2.21. The first-order valence-corrected chi connectivity index (χ1v) is 8.22. The first-order valence-electron chi connectivity index (χ1n) is 5.94. The molecule has 0 amide bonds. The van der Waals surface area contributed by atoms with Gasteiger partial charge >= 0.3 is 0 Å². The Kier molecular flexibility index (Phi) is 4.97. The van der Waals surface area contributed by atoms with Gasteiger partial charge in [0.05, 0.1) is 30.8 Å². The number of nitrogens with one attached hydrogen (secondary N) is 1. The van der Waals surface area contributed by atoms with Crippen molar-refractivity contribution in [3.05, 3.63) is 28.2 Å². The van der Waals surface area contributed by atoms with Crippen LogP contribution in [-0.2, 0) is 19.5 Å². The molecule has 0 bridgehead atoms. The van der Waals surface area contributed by atoms with Crippen molar-refractivity contribution < 1.29 is 17.9 Å². The van der Waals surface area contributed by atoms with Gasteiger partial charge in [0, 0.05) is 11.0 Å². The molecule has 0 spiro atoms. The Hall–Kier alpha value is -0.470. The number of sulfonamides is 1. The fourth-order valence-electron chi connectivity index (χ4n) is 1.76. The summed E-state index contributed by atoms with van der Waals surface area (Å²) in [5.41, 5.74) is 0.995. The summed E-state index contributed by atoms with van der Waals surface area (Å²) in [6, 6.07) is 5.12. The largest absolute Gasteiger partial charge is 0.376 e. The minimum atomic E-state index is -3.54.